The molecule has 0 unspecified atom stereocenters. The third-order valence-corrected chi connectivity index (χ3v) is 3.00. The summed E-state index contributed by atoms with van der Waals surface area (Å²) in [5, 5.41) is 6.63. The van der Waals surface area contributed by atoms with Crippen LogP contribution < -0.4 is 10.6 Å². The maximum atomic E-state index is 4.26. The second kappa shape index (κ2) is 6.89. The molecule has 0 radical (unpaired) electrons. The third-order valence-electron chi connectivity index (χ3n) is 3.00. The molecular formula is C16H22N4. The summed E-state index contributed by atoms with van der Waals surface area (Å²) >= 11 is 0. The van der Waals surface area contributed by atoms with Crippen LogP contribution in [0.4, 0.5) is 17.3 Å². The van der Waals surface area contributed by atoms with Crippen molar-refractivity contribution in [2.75, 3.05) is 17.2 Å². The number of benzene rings is 1. The minimum atomic E-state index is 0.809. The Kier molecular flexibility index (Phi) is 4.93. The monoisotopic (exact) mass is 270 g/mol. The van der Waals surface area contributed by atoms with Crippen molar-refractivity contribution in [1.82, 2.24) is 9.97 Å². The molecule has 0 saturated heterocycles. The molecule has 0 bridgehead atoms. The van der Waals surface area contributed by atoms with Crippen LogP contribution >= 0.6 is 0 Å². The standard InChI is InChI=1S/C16H22N4/c1-4-5-6-17-15-10-16(19-11-18-15)20-14-8-12(2)7-13(3)9-14/h7-11H,4-6H2,1-3H3,(H2,17,18,19,20). The minimum Gasteiger partial charge on any atom is -0.370 e. The lowest BCUT2D eigenvalue weighted by atomic mass is 10.1. The van der Waals surface area contributed by atoms with Crippen LogP contribution in [0.5, 0.6) is 0 Å². The summed E-state index contributed by atoms with van der Waals surface area (Å²) in [5.41, 5.74) is 3.53. The van der Waals surface area contributed by atoms with Crippen molar-refractivity contribution in [2.45, 2.75) is 33.6 Å². The Labute approximate surface area is 120 Å². The molecule has 0 amide bonds. The number of hydrogen-bond acceptors (Lipinski definition) is 4. The van der Waals surface area contributed by atoms with Crippen LogP contribution in [-0.4, -0.2) is 16.5 Å². The number of nitrogens with one attached hydrogen (secondary N) is 2. The van der Waals surface area contributed by atoms with E-state index in [0.29, 0.717) is 0 Å². The lowest BCUT2D eigenvalue weighted by Crippen LogP contribution is -2.04. The summed E-state index contributed by atoms with van der Waals surface area (Å²) in [6.45, 7) is 7.30. The summed E-state index contributed by atoms with van der Waals surface area (Å²) in [6.07, 6.45) is 3.90. The second-order valence-corrected chi connectivity index (χ2v) is 5.07. The first-order valence-corrected chi connectivity index (χ1v) is 7.08. The fourth-order valence-corrected chi connectivity index (χ4v) is 2.11. The Morgan fingerprint density at radius 3 is 2.35 bits per heavy atom. The van der Waals surface area contributed by atoms with E-state index in [1.165, 1.54) is 17.5 Å². The molecule has 4 heteroatoms. The highest BCUT2D eigenvalue weighted by Gasteiger charge is 2.00. The average molecular weight is 270 g/mol. The third kappa shape index (κ3) is 4.23. The Bertz CT molecular complexity index is 546. The summed E-state index contributed by atoms with van der Waals surface area (Å²) in [6, 6.07) is 8.31. The van der Waals surface area contributed by atoms with E-state index in [0.717, 1.165) is 30.3 Å². The van der Waals surface area contributed by atoms with Crippen molar-refractivity contribution >= 4 is 17.3 Å². The van der Waals surface area contributed by atoms with Crippen LogP contribution in [0.2, 0.25) is 0 Å². The van der Waals surface area contributed by atoms with Crippen LogP contribution in [0.3, 0.4) is 0 Å². The van der Waals surface area contributed by atoms with E-state index < -0.39 is 0 Å². The highest BCUT2D eigenvalue weighted by molar-refractivity contribution is 5.60. The molecule has 0 spiro atoms. The maximum absolute atomic E-state index is 4.26. The molecule has 0 fully saturated rings. The first-order valence-electron chi connectivity index (χ1n) is 7.08. The predicted molar refractivity (Wildman–Crippen MR) is 84.6 cm³/mol. The van der Waals surface area contributed by atoms with Gasteiger partial charge in [0.15, 0.2) is 0 Å². The van der Waals surface area contributed by atoms with Crippen LogP contribution in [0, 0.1) is 13.8 Å². The SMILES string of the molecule is CCCCNc1cc(Nc2cc(C)cc(C)c2)ncn1. The van der Waals surface area contributed by atoms with Gasteiger partial charge in [-0.3, -0.25) is 0 Å². The Morgan fingerprint density at radius 1 is 0.950 bits per heavy atom. The van der Waals surface area contributed by atoms with Crippen molar-refractivity contribution in [2.24, 2.45) is 0 Å². The van der Waals surface area contributed by atoms with Crippen molar-refractivity contribution in [3.63, 3.8) is 0 Å². The normalized spacial score (nSPS) is 10.3. The molecule has 1 aromatic carbocycles. The second-order valence-electron chi connectivity index (χ2n) is 5.07. The molecule has 0 atom stereocenters. The topological polar surface area (TPSA) is 49.8 Å². The van der Waals surface area contributed by atoms with Gasteiger partial charge in [0.2, 0.25) is 0 Å². The molecule has 20 heavy (non-hydrogen) atoms. The number of unbranched alkanes of at least 4 members (excludes halogenated alkanes) is 1. The number of hydrogen-bond donors (Lipinski definition) is 2. The Hall–Kier alpha value is -2.10. The van der Waals surface area contributed by atoms with Crippen molar-refractivity contribution in [3.05, 3.63) is 41.7 Å². The number of aryl methyl sites for hydroxylation is 2. The van der Waals surface area contributed by atoms with Gasteiger partial charge >= 0.3 is 0 Å². The minimum absolute atomic E-state index is 0.809. The van der Waals surface area contributed by atoms with Crippen molar-refractivity contribution < 1.29 is 0 Å². The van der Waals surface area contributed by atoms with Crippen LogP contribution in [0.1, 0.15) is 30.9 Å². The van der Waals surface area contributed by atoms with Gasteiger partial charge < -0.3 is 10.6 Å². The van der Waals surface area contributed by atoms with E-state index in [4.69, 9.17) is 0 Å². The molecule has 4 nitrogen and oxygen atoms in total. The van der Waals surface area contributed by atoms with Gasteiger partial charge in [0, 0.05) is 18.3 Å². The first kappa shape index (κ1) is 14.3. The van der Waals surface area contributed by atoms with E-state index in [-0.39, 0.29) is 0 Å². The van der Waals surface area contributed by atoms with Crippen LogP contribution in [0.15, 0.2) is 30.6 Å². The molecule has 0 saturated carbocycles. The van der Waals surface area contributed by atoms with E-state index in [2.05, 4.69) is 59.6 Å². The largest absolute Gasteiger partial charge is 0.370 e. The van der Waals surface area contributed by atoms with E-state index >= 15 is 0 Å². The molecule has 2 rings (SSSR count). The maximum Gasteiger partial charge on any atom is 0.135 e. The number of rotatable bonds is 6. The van der Waals surface area contributed by atoms with Crippen LogP contribution in [-0.2, 0) is 0 Å². The Morgan fingerprint density at radius 2 is 1.65 bits per heavy atom. The van der Waals surface area contributed by atoms with Gasteiger partial charge in [-0.2, -0.15) is 0 Å². The molecule has 106 valence electrons. The van der Waals surface area contributed by atoms with Gasteiger partial charge in [0.05, 0.1) is 0 Å². The molecule has 0 aliphatic heterocycles. The van der Waals surface area contributed by atoms with Crippen LogP contribution in [0.25, 0.3) is 0 Å². The predicted octanol–water partition coefficient (Wildman–Crippen LogP) is 4.05. The molecule has 1 aromatic heterocycles. The van der Waals surface area contributed by atoms with E-state index in [1.807, 2.05) is 6.07 Å². The highest BCUT2D eigenvalue weighted by atomic mass is 15.1. The Balaban J connectivity index is 2.07. The van der Waals surface area contributed by atoms with Gasteiger partial charge in [0.1, 0.15) is 18.0 Å². The molecule has 2 aromatic rings. The molecule has 2 N–H and O–H groups in total. The van der Waals surface area contributed by atoms with Gasteiger partial charge in [-0.05, 0) is 43.5 Å². The van der Waals surface area contributed by atoms with Crippen molar-refractivity contribution in [1.29, 1.82) is 0 Å². The van der Waals surface area contributed by atoms with E-state index in [1.54, 1.807) is 6.33 Å². The van der Waals surface area contributed by atoms with Gasteiger partial charge in [-0.25, -0.2) is 9.97 Å². The summed E-state index contributed by atoms with van der Waals surface area (Å²) < 4.78 is 0. The zero-order chi connectivity index (χ0) is 14.4. The average Bonchev–Trinajstić information content (AvgIpc) is 2.38. The van der Waals surface area contributed by atoms with Gasteiger partial charge in [-0.1, -0.05) is 19.4 Å². The zero-order valence-electron chi connectivity index (χ0n) is 12.4. The molecule has 0 aliphatic rings. The lowest BCUT2D eigenvalue weighted by Gasteiger charge is -2.09. The van der Waals surface area contributed by atoms with Crippen molar-refractivity contribution in [3.8, 4) is 0 Å². The fourth-order valence-electron chi connectivity index (χ4n) is 2.11. The lowest BCUT2D eigenvalue weighted by molar-refractivity contribution is 0.830. The van der Waals surface area contributed by atoms with Gasteiger partial charge in [-0.15, -0.1) is 0 Å². The molecule has 0 aliphatic carbocycles. The summed E-state index contributed by atoms with van der Waals surface area (Å²) in [4.78, 5) is 8.49. The summed E-state index contributed by atoms with van der Waals surface area (Å²) in [5.74, 6) is 1.67. The quantitative estimate of drug-likeness (QED) is 0.777. The van der Waals surface area contributed by atoms with Gasteiger partial charge in [0.25, 0.3) is 0 Å². The smallest absolute Gasteiger partial charge is 0.135 e. The number of anilines is 3. The number of nitrogens with zero attached hydrogens (tertiary/aromatic N) is 2. The zero-order valence-corrected chi connectivity index (χ0v) is 12.4. The fraction of sp³-hybridized carbons (Fsp3) is 0.375. The molecule has 1 heterocycles. The van der Waals surface area contributed by atoms with E-state index in [9.17, 15) is 0 Å². The first-order chi connectivity index (χ1) is 9.67. The molecular weight excluding hydrogens is 248 g/mol. The number of aromatic nitrogens is 2. The highest BCUT2D eigenvalue weighted by Crippen LogP contribution is 2.19. The summed E-state index contributed by atoms with van der Waals surface area (Å²) in [7, 11) is 0.